The minimum atomic E-state index is -0.791. The molecule has 6 heteroatoms. The fourth-order valence-corrected chi connectivity index (χ4v) is 9.59. The van der Waals surface area contributed by atoms with Crippen molar-refractivity contribution in [3.8, 4) is 0 Å². The van der Waals surface area contributed by atoms with Crippen molar-refractivity contribution in [1.29, 1.82) is 0 Å². The minimum absolute atomic E-state index is 0.0862. The van der Waals surface area contributed by atoms with Gasteiger partial charge in [0.05, 0.1) is 0 Å². The van der Waals surface area contributed by atoms with Gasteiger partial charge in [0.2, 0.25) is 0 Å². The Hall–Kier alpha value is -3.93. The van der Waals surface area contributed by atoms with Crippen molar-refractivity contribution < 1.29 is 28.6 Å². The Balaban J connectivity index is 4.29. The van der Waals surface area contributed by atoms with E-state index in [2.05, 4.69) is 130 Å². The second-order valence-electron chi connectivity index (χ2n) is 22.7. The van der Waals surface area contributed by atoms with Gasteiger partial charge < -0.3 is 14.2 Å². The van der Waals surface area contributed by atoms with Crippen molar-refractivity contribution in [3.05, 3.63) is 109 Å². The predicted molar refractivity (Wildman–Crippen MR) is 353 cm³/mol. The number of unbranched alkanes of at least 4 members (excludes halogenated alkanes) is 33. The minimum Gasteiger partial charge on any atom is -0.462 e. The zero-order valence-corrected chi connectivity index (χ0v) is 53.3. The molecule has 0 aromatic heterocycles. The van der Waals surface area contributed by atoms with Crippen LogP contribution in [0.1, 0.15) is 329 Å². The lowest BCUT2D eigenvalue weighted by atomic mass is 10.0. The molecule has 6 nitrogen and oxygen atoms in total. The molecule has 1 unspecified atom stereocenters. The van der Waals surface area contributed by atoms with Crippen molar-refractivity contribution in [2.24, 2.45) is 0 Å². The Morgan fingerprint density at radius 2 is 0.481 bits per heavy atom. The van der Waals surface area contributed by atoms with Gasteiger partial charge in [0, 0.05) is 19.3 Å². The maximum atomic E-state index is 12.9. The summed E-state index contributed by atoms with van der Waals surface area (Å²) in [6, 6.07) is 0. The molecule has 81 heavy (non-hydrogen) atoms. The lowest BCUT2D eigenvalue weighted by molar-refractivity contribution is -0.167. The first-order valence-electron chi connectivity index (χ1n) is 34.4. The Morgan fingerprint density at radius 1 is 0.259 bits per heavy atom. The van der Waals surface area contributed by atoms with Gasteiger partial charge in [-0.15, -0.1) is 0 Å². The Labute approximate surface area is 501 Å². The third-order valence-corrected chi connectivity index (χ3v) is 14.7. The zero-order valence-electron chi connectivity index (χ0n) is 53.3. The van der Waals surface area contributed by atoms with Crippen LogP contribution in [0.2, 0.25) is 0 Å². The molecule has 0 fully saturated rings. The molecule has 464 valence electrons. The smallest absolute Gasteiger partial charge is 0.306 e. The molecular weight excluding hydrogens is 997 g/mol. The van der Waals surface area contributed by atoms with Crippen LogP contribution < -0.4 is 0 Å². The molecule has 0 radical (unpaired) electrons. The number of carbonyl (C=O) groups excluding carboxylic acids is 3. The van der Waals surface area contributed by atoms with E-state index in [0.717, 1.165) is 128 Å². The molecule has 0 N–H and O–H groups in total. The molecule has 0 saturated heterocycles. The third kappa shape index (κ3) is 66.8. The van der Waals surface area contributed by atoms with Crippen LogP contribution in [0.5, 0.6) is 0 Å². The maximum absolute atomic E-state index is 12.9. The molecule has 0 aromatic carbocycles. The van der Waals surface area contributed by atoms with Gasteiger partial charge in [0.25, 0.3) is 0 Å². The van der Waals surface area contributed by atoms with E-state index < -0.39 is 6.10 Å². The summed E-state index contributed by atoms with van der Waals surface area (Å²) in [4.78, 5) is 38.4. The van der Waals surface area contributed by atoms with E-state index in [4.69, 9.17) is 14.2 Å². The number of hydrogen-bond acceptors (Lipinski definition) is 6. The fraction of sp³-hybridized carbons (Fsp3) is 0.720. The monoisotopic (exact) mass is 1120 g/mol. The molecule has 0 aliphatic heterocycles. The van der Waals surface area contributed by atoms with Crippen molar-refractivity contribution >= 4 is 17.9 Å². The highest BCUT2D eigenvalue weighted by atomic mass is 16.6. The van der Waals surface area contributed by atoms with Crippen LogP contribution in [0.15, 0.2) is 109 Å². The van der Waals surface area contributed by atoms with Crippen molar-refractivity contribution in [2.45, 2.75) is 335 Å². The summed E-state index contributed by atoms with van der Waals surface area (Å²) >= 11 is 0. The molecule has 0 aromatic rings. The van der Waals surface area contributed by atoms with Crippen LogP contribution in [0.3, 0.4) is 0 Å². The number of esters is 3. The average Bonchev–Trinajstić information content (AvgIpc) is 3.47. The van der Waals surface area contributed by atoms with Crippen molar-refractivity contribution in [2.75, 3.05) is 13.2 Å². The number of allylic oxidation sites excluding steroid dienone is 18. The second kappa shape index (κ2) is 68.6. The molecule has 0 aliphatic carbocycles. The van der Waals surface area contributed by atoms with E-state index in [1.165, 1.54) is 161 Å². The normalized spacial score (nSPS) is 12.8. The van der Waals surface area contributed by atoms with Crippen LogP contribution in [0, 0.1) is 0 Å². The zero-order chi connectivity index (χ0) is 58.5. The molecule has 0 spiro atoms. The summed E-state index contributed by atoms with van der Waals surface area (Å²) in [5.74, 6) is -0.899. The number of hydrogen-bond donors (Lipinski definition) is 0. The van der Waals surface area contributed by atoms with E-state index in [1.54, 1.807) is 0 Å². The van der Waals surface area contributed by atoms with Crippen LogP contribution in [0.25, 0.3) is 0 Å². The number of carbonyl (C=O) groups is 3. The first kappa shape index (κ1) is 77.1. The van der Waals surface area contributed by atoms with Crippen LogP contribution >= 0.6 is 0 Å². The topological polar surface area (TPSA) is 78.9 Å². The molecule has 0 bridgehead atoms. The highest BCUT2D eigenvalue weighted by molar-refractivity contribution is 5.71. The van der Waals surface area contributed by atoms with E-state index in [0.29, 0.717) is 19.3 Å². The first-order chi connectivity index (χ1) is 40.0. The largest absolute Gasteiger partial charge is 0.462 e. The number of rotatable bonds is 62. The lowest BCUT2D eigenvalue weighted by Gasteiger charge is -2.18. The molecule has 0 saturated carbocycles. The Kier molecular flexibility index (Phi) is 65.2. The van der Waals surface area contributed by atoms with Gasteiger partial charge in [-0.2, -0.15) is 0 Å². The van der Waals surface area contributed by atoms with Crippen molar-refractivity contribution in [3.63, 3.8) is 0 Å². The molecular formula is C75H128O6. The summed E-state index contributed by atoms with van der Waals surface area (Å²) < 4.78 is 16.9. The standard InChI is InChI=1S/C75H128O6/c1-4-7-10-13-16-19-22-25-28-31-32-33-34-35-36-37-38-39-40-41-42-43-44-45-48-50-53-56-59-62-65-68-74(77)80-71-72(81-75(78)69-66-63-60-57-54-51-47-30-27-24-21-18-15-12-9-6-3)70-79-73(76)67-64-61-58-55-52-49-46-29-26-23-20-17-14-11-8-5-2/h7,10,16,19,21,24-25,28-30,32-33,35-36,38-39,46-47,72H,4-6,8-9,11-15,17-18,20,22-23,26-27,31,34,37,40-45,48-71H2,1-3H3/b10-7-,19-16-,24-21-,28-25-,33-32-,36-35-,39-38-,46-29-,47-30-. The van der Waals surface area contributed by atoms with Gasteiger partial charge in [0.1, 0.15) is 13.2 Å². The van der Waals surface area contributed by atoms with Crippen LogP contribution in [0.4, 0.5) is 0 Å². The van der Waals surface area contributed by atoms with E-state index >= 15 is 0 Å². The molecule has 0 amide bonds. The summed E-state index contributed by atoms with van der Waals surface area (Å²) in [6.45, 7) is 6.52. The molecule has 0 heterocycles. The fourth-order valence-electron chi connectivity index (χ4n) is 9.59. The van der Waals surface area contributed by atoms with E-state index in [-0.39, 0.29) is 31.1 Å². The highest BCUT2D eigenvalue weighted by Gasteiger charge is 2.19. The van der Waals surface area contributed by atoms with Gasteiger partial charge in [-0.25, -0.2) is 0 Å². The molecule has 0 aliphatic rings. The van der Waals surface area contributed by atoms with Gasteiger partial charge in [-0.05, 0) is 128 Å². The van der Waals surface area contributed by atoms with Crippen LogP contribution in [-0.4, -0.2) is 37.2 Å². The maximum Gasteiger partial charge on any atom is 0.306 e. The molecule has 1 atom stereocenters. The average molecular weight is 1130 g/mol. The predicted octanol–water partition coefficient (Wildman–Crippen LogP) is 23.8. The van der Waals surface area contributed by atoms with E-state index in [1.807, 2.05) is 0 Å². The van der Waals surface area contributed by atoms with Gasteiger partial charge in [0.15, 0.2) is 6.10 Å². The Morgan fingerprint density at radius 3 is 0.778 bits per heavy atom. The summed E-state index contributed by atoms with van der Waals surface area (Å²) in [5.41, 5.74) is 0. The number of ether oxygens (including phenoxy) is 3. The Bertz CT molecular complexity index is 1620. The summed E-state index contributed by atoms with van der Waals surface area (Å²) in [6.07, 6.45) is 93.9. The lowest BCUT2D eigenvalue weighted by Crippen LogP contribution is -2.30. The van der Waals surface area contributed by atoms with Gasteiger partial charge in [-0.3, -0.25) is 14.4 Å². The van der Waals surface area contributed by atoms with E-state index in [9.17, 15) is 14.4 Å². The summed E-state index contributed by atoms with van der Waals surface area (Å²) in [7, 11) is 0. The SMILES string of the molecule is CC/C=C\C/C=C\C/C=C\C/C=C\C/C=C\C/C=C\CCCCCCCCCCCCCCC(=O)OCC(COC(=O)CCCCCCC/C=C\CCCCCCCCC)OC(=O)CCCCCCC/C=C\C/C=C\CCCCCC. The molecule has 0 rings (SSSR count). The quantitative estimate of drug-likeness (QED) is 0.0261. The second-order valence-corrected chi connectivity index (χ2v) is 22.7. The summed E-state index contributed by atoms with van der Waals surface area (Å²) in [5, 5.41) is 0. The van der Waals surface area contributed by atoms with Crippen molar-refractivity contribution in [1.82, 2.24) is 0 Å². The van der Waals surface area contributed by atoms with Crippen LogP contribution in [-0.2, 0) is 28.6 Å². The third-order valence-electron chi connectivity index (χ3n) is 14.7. The van der Waals surface area contributed by atoms with Gasteiger partial charge >= 0.3 is 17.9 Å². The highest BCUT2D eigenvalue weighted by Crippen LogP contribution is 2.16. The van der Waals surface area contributed by atoms with Gasteiger partial charge in [-0.1, -0.05) is 291 Å². The first-order valence-corrected chi connectivity index (χ1v) is 34.4.